The number of anilines is 1. The van der Waals surface area contributed by atoms with Crippen molar-refractivity contribution in [3.05, 3.63) is 88.8 Å². The van der Waals surface area contributed by atoms with Crippen molar-refractivity contribution >= 4 is 29.1 Å². The molecular weight excluding hydrogens is 402 g/mol. The average Bonchev–Trinajstić information content (AvgIpc) is 3.26. The molecular formula is C23H24ClN3O3. The minimum Gasteiger partial charge on any atom is -0.467 e. The van der Waals surface area contributed by atoms with Gasteiger partial charge in [-0.3, -0.25) is 14.5 Å². The van der Waals surface area contributed by atoms with Gasteiger partial charge in [-0.2, -0.15) is 0 Å². The van der Waals surface area contributed by atoms with Crippen LogP contribution < -0.4 is 10.6 Å². The first-order valence-corrected chi connectivity index (χ1v) is 9.97. The highest BCUT2D eigenvalue weighted by Crippen LogP contribution is 2.21. The Kier molecular flexibility index (Phi) is 7.27. The van der Waals surface area contributed by atoms with Gasteiger partial charge in [0, 0.05) is 11.1 Å². The van der Waals surface area contributed by atoms with Crippen LogP contribution in [0.3, 0.4) is 0 Å². The quantitative estimate of drug-likeness (QED) is 0.557. The Bertz CT molecular complexity index is 987. The number of nitrogens with one attached hydrogen (secondary N) is 2. The second kappa shape index (κ2) is 10.1. The summed E-state index contributed by atoms with van der Waals surface area (Å²) >= 11 is 5.95. The molecule has 0 fully saturated rings. The summed E-state index contributed by atoms with van der Waals surface area (Å²) in [6.45, 7) is 2.47. The maximum atomic E-state index is 12.6. The predicted molar refractivity (Wildman–Crippen MR) is 117 cm³/mol. The summed E-state index contributed by atoms with van der Waals surface area (Å²) in [5.74, 6) is 0.164. The van der Waals surface area contributed by atoms with E-state index in [1.807, 2.05) is 43.1 Å². The number of hydrogen-bond donors (Lipinski definition) is 2. The van der Waals surface area contributed by atoms with Crippen LogP contribution in [0.1, 0.15) is 34.6 Å². The van der Waals surface area contributed by atoms with Crippen LogP contribution in [-0.4, -0.2) is 30.3 Å². The lowest BCUT2D eigenvalue weighted by Crippen LogP contribution is -2.33. The highest BCUT2D eigenvalue weighted by Gasteiger charge is 2.17. The van der Waals surface area contributed by atoms with Crippen molar-refractivity contribution in [1.29, 1.82) is 0 Å². The number of amides is 2. The van der Waals surface area contributed by atoms with Gasteiger partial charge in [-0.25, -0.2) is 0 Å². The van der Waals surface area contributed by atoms with E-state index in [4.69, 9.17) is 16.0 Å². The zero-order chi connectivity index (χ0) is 21.5. The average molecular weight is 426 g/mol. The standard InChI is InChI=1S/C23H24ClN3O3/c1-16(17-9-11-18(24)12-10-17)27(2)15-22(28)26-21-8-4-3-7-20(21)23(29)25-14-19-6-5-13-30-19/h3-13,16H,14-15H2,1-2H3,(H,25,29)(H,26,28). The van der Waals surface area contributed by atoms with Crippen molar-refractivity contribution in [3.63, 3.8) is 0 Å². The molecule has 0 saturated carbocycles. The first-order chi connectivity index (χ1) is 14.4. The second-order valence-corrected chi connectivity index (χ2v) is 7.43. The van der Waals surface area contributed by atoms with E-state index in [-0.39, 0.29) is 30.9 Å². The van der Waals surface area contributed by atoms with Gasteiger partial charge in [-0.05, 0) is 55.9 Å². The Hall–Kier alpha value is -3.09. The van der Waals surface area contributed by atoms with Crippen LogP contribution in [0.4, 0.5) is 5.69 Å². The lowest BCUT2D eigenvalue weighted by atomic mass is 10.1. The van der Waals surface area contributed by atoms with Crippen molar-refractivity contribution in [2.24, 2.45) is 0 Å². The third-order valence-electron chi connectivity index (χ3n) is 4.86. The normalized spacial score (nSPS) is 11.9. The van der Waals surface area contributed by atoms with E-state index in [9.17, 15) is 9.59 Å². The zero-order valence-electron chi connectivity index (χ0n) is 16.9. The largest absolute Gasteiger partial charge is 0.467 e. The third-order valence-corrected chi connectivity index (χ3v) is 5.11. The molecule has 0 bridgehead atoms. The van der Waals surface area contributed by atoms with E-state index in [0.717, 1.165) is 5.56 Å². The molecule has 156 valence electrons. The summed E-state index contributed by atoms with van der Waals surface area (Å²) < 4.78 is 5.23. The van der Waals surface area contributed by atoms with E-state index < -0.39 is 0 Å². The van der Waals surface area contributed by atoms with Crippen molar-refractivity contribution in [2.75, 3.05) is 18.9 Å². The molecule has 1 unspecified atom stereocenters. The molecule has 2 N–H and O–H groups in total. The highest BCUT2D eigenvalue weighted by atomic mass is 35.5. The molecule has 0 saturated heterocycles. The number of halogens is 1. The van der Waals surface area contributed by atoms with Gasteiger partial charge in [0.15, 0.2) is 0 Å². The fourth-order valence-corrected chi connectivity index (χ4v) is 3.14. The molecule has 0 radical (unpaired) electrons. The van der Waals surface area contributed by atoms with Crippen LogP contribution in [0.15, 0.2) is 71.3 Å². The Labute approximate surface area is 180 Å². The number of carbonyl (C=O) groups excluding carboxylic acids is 2. The number of benzene rings is 2. The summed E-state index contributed by atoms with van der Waals surface area (Å²) in [7, 11) is 1.88. The summed E-state index contributed by atoms with van der Waals surface area (Å²) in [6.07, 6.45) is 1.55. The lowest BCUT2D eigenvalue weighted by Gasteiger charge is -2.24. The molecule has 30 heavy (non-hydrogen) atoms. The Balaban J connectivity index is 1.60. The molecule has 3 rings (SSSR count). The SMILES string of the molecule is CC(c1ccc(Cl)cc1)N(C)CC(=O)Nc1ccccc1C(=O)NCc1ccco1. The second-order valence-electron chi connectivity index (χ2n) is 7.00. The number of likely N-dealkylation sites (N-methyl/N-ethyl adjacent to an activating group) is 1. The molecule has 0 aliphatic heterocycles. The summed E-state index contributed by atoms with van der Waals surface area (Å²) in [5.41, 5.74) is 1.92. The number of nitrogens with zero attached hydrogens (tertiary/aromatic N) is 1. The number of hydrogen-bond acceptors (Lipinski definition) is 4. The van der Waals surface area contributed by atoms with Crippen LogP contribution in [0.2, 0.25) is 5.02 Å². The molecule has 6 nitrogen and oxygen atoms in total. The predicted octanol–water partition coefficient (Wildman–Crippen LogP) is 4.49. The van der Waals surface area contributed by atoms with Crippen LogP contribution in [0.25, 0.3) is 0 Å². The monoisotopic (exact) mass is 425 g/mol. The number of carbonyl (C=O) groups is 2. The van der Waals surface area contributed by atoms with E-state index >= 15 is 0 Å². The Morgan fingerprint density at radius 1 is 1.07 bits per heavy atom. The molecule has 0 spiro atoms. The van der Waals surface area contributed by atoms with Crippen LogP contribution in [0, 0.1) is 0 Å². The number of furan rings is 1. The van der Waals surface area contributed by atoms with Crippen LogP contribution in [0.5, 0.6) is 0 Å². The molecule has 1 aromatic heterocycles. The van der Waals surface area contributed by atoms with Gasteiger partial charge in [0.05, 0.1) is 30.6 Å². The topological polar surface area (TPSA) is 74.6 Å². The zero-order valence-corrected chi connectivity index (χ0v) is 17.6. The molecule has 0 aliphatic carbocycles. The summed E-state index contributed by atoms with van der Waals surface area (Å²) in [4.78, 5) is 27.1. The van der Waals surface area contributed by atoms with Crippen LogP contribution in [-0.2, 0) is 11.3 Å². The van der Waals surface area contributed by atoms with Gasteiger partial charge in [0.1, 0.15) is 5.76 Å². The molecule has 2 aromatic carbocycles. The first kappa shape index (κ1) is 21.6. The fourth-order valence-electron chi connectivity index (χ4n) is 3.01. The van der Waals surface area contributed by atoms with E-state index in [1.54, 1.807) is 42.7 Å². The third kappa shape index (κ3) is 5.72. The molecule has 1 heterocycles. The fraction of sp³-hybridized carbons (Fsp3) is 0.217. The van der Waals surface area contributed by atoms with Crippen molar-refractivity contribution in [3.8, 4) is 0 Å². The number of para-hydroxylation sites is 1. The molecule has 0 aliphatic rings. The number of rotatable bonds is 8. The summed E-state index contributed by atoms with van der Waals surface area (Å²) in [5, 5.41) is 6.31. The summed E-state index contributed by atoms with van der Waals surface area (Å²) in [6, 6.07) is 18.0. The highest BCUT2D eigenvalue weighted by molar-refractivity contribution is 6.30. The molecule has 1 atom stereocenters. The van der Waals surface area contributed by atoms with Gasteiger partial charge >= 0.3 is 0 Å². The van der Waals surface area contributed by atoms with E-state index in [1.165, 1.54) is 0 Å². The van der Waals surface area contributed by atoms with Crippen molar-refractivity contribution in [2.45, 2.75) is 19.5 Å². The lowest BCUT2D eigenvalue weighted by molar-refractivity contribution is -0.117. The molecule has 7 heteroatoms. The van der Waals surface area contributed by atoms with Gasteiger partial charge in [-0.15, -0.1) is 0 Å². The molecule has 3 aromatic rings. The smallest absolute Gasteiger partial charge is 0.253 e. The first-order valence-electron chi connectivity index (χ1n) is 9.59. The molecule has 2 amide bonds. The van der Waals surface area contributed by atoms with Gasteiger partial charge in [0.25, 0.3) is 5.91 Å². The Morgan fingerprint density at radius 3 is 2.50 bits per heavy atom. The van der Waals surface area contributed by atoms with Crippen LogP contribution >= 0.6 is 11.6 Å². The Morgan fingerprint density at radius 2 is 1.80 bits per heavy atom. The van der Waals surface area contributed by atoms with Crippen molar-refractivity contribution in [1.82, 2.24) is 10.2 Å². The van der Waals surface area contributed by atoms with E-state index in [0.29, 0.717) is 22.0 Å². The van der Waals surface area contributed by atoms with E-state index in [2.05, 4.69) is 10.6 Å². The van der Waals surface area contributed by atoms with Gasteiger partial charge in [0.2, 0.25) is 5.91 Å². The van der Waals surface area contributed by atoms with Gasteiger partial charge < -0.3 is 15.1 Å². The van der Waals surface area contributed by atoms with Crippen molar-refractivity contribution < 1.29 is 14.0 Å². The minimum absolute atomic E-state index is 0.0276. The minimum atomic E-state index is -0.287. The maximum absolute atomic E-state index is 12.6. The maximum Gasteiger partial charge on any atom is 0.253 e. The van der Waals surface area contributed by atoms with Gasteiger partial charge in [-0.1, -0.05) is 35.9 Å².